The monoisotopic (exact) mass is 404 g/mol. The van der Waals surface area contributed by atoms with Crippen molar-refractivity contribution in [2.75, 3.05) is 12.9 Å². The molecule has 2 aromatic rings. The van der Waals surface area contributed by atoms with Gasteiger partial charge in [-0.05, 0) is 43.2 Å². The highest BCUT2D eigenvalue weighted by Gasteiger charge is 2.15. The number of hydrogen-bond acceptors (Lipinski definition) is 6. The summed E-state index contributed by atoms with van der Waals surface area (Å²) in [5.74, 6) is 1.71. The van der Waals surface area contributed by atoms with Gasteiger partial charge in [0.15, 0.2) is 5.75 Å². The molecule has 0 saturated carbocycles. The molecule has 0 unspecified atom stereocenters. The zero-order valence-electron chi connectivity index (χ0n) is 16.1. The first-order valence-electron chi connectivity index (χ1n) is 8.80. The van der Waals surface area contributed by atoms with Crippen molar-refractivity contribution < 1.29 is 19.2 Å². The van der Waals surface area contributed by atoms with Gasteiger partial charge in [-0.2, -0.15) is 0 Å². The Balaban J connectivity index is 1.77. The molecule has 0 aliphatic carbocycles. The van der Waals surface area contributed by atoms with Crippen molar-refractivity contribution in [3.8, 4) is 11.5 Å². The Labute approximate surface area is 168 Å². The van der Waals surface area contributed by atoms with Crippen LogP contribution >= 0.6 is 11.8 Å². The number of nitro benzene ring substituents is 1. The number of nitrogens with zero attached hydrogens (tertiary/aromatic N) is 1. The fourth-order valence-electron chi connectivity index (χ4n) is 2.44. The molecule has 1 amide bonds. The fraction of sp³-hybridized carbons (Fsp3) is 0.350. The number of hydrogen-bond donors (Lipinski definition) is 1. The molecule has 0 aliphatic rings. The summed E-state index contributed by atoms with van der Waals surface area (Å²) in [5, 5.41) is 13.9. The van der Waals surface area contributed by atoms with E-state index >= 15 is 0 Å². The van der Waals surface area contributed by atoms with Gasteiger partial charge in [-0.15, -0.1) is 11.8 Å². The topological polar surface area (TPSA) is 90.7 Å². The standard InChI is InChI=1S/C20H24N2O5S/c1-14(2)27-17-7-4-15(5-8-17)11-21-20(23)13-28-12-16-6-9-19(26-3)18(10-16)22(24)25/h4-10,14H,11-13H2,1-3H3,(H,21,23). The molecule has 0 aliphatic heterocycles. The predicted octanol–water partition coefficient (Wildman–Crippen LogP) is 3.94. The summed E-state index contributed by atoms with van der Waals surface area (Å²) in [6.07, 6.45) is 0.120. The summed E-state index contributed by atoms with van der Waals surface area (Å²) < 4.78 is 10.6. The van der Waals surface area contributed by atoms with Crippen LogP contribution in [0.3, 0.4) is 0 Å². The predicted molar refractivity (Wildman–Crippen MR) is 110 cm³/mol. The van der Waals surface area contributed by atoms with Crippen LogP contribution in [0.2, 0.25) is 0 Å². The number of nitrogens with one attached hydrogen (secondary N) is 1. The lowest BCUT2D eigenvalue weighted by atomic mass is 10.2. The minimum Gasteiger partial charge on any atom is -0.491 e. The van der Waals surface area contributed by atoms with Crippen molar-refractivity contribution in [3.63, 3.8) is 0 Å². The lowest BCUT2D eigenvalue weighted by molar-refractivity contribution is -0.385. The number of carbonyl (C=O) groups excluding carboxylic acids is 1. The second-order valence-electron chi connectivity index (χ2n) is 6.34. The van der Waals surface area contributed by atoms with Gasteiger partial charge in [-0.25, -0.2) is 0 Å². The molecule has 2 rings (SSSR count). The summed E-state index contributed by atoms with van der Waals surface area (Å²) in [5.41, 5.74) is 1.68. The molecule has 0 atom stereocenters. The average Bonchev–Trinajstić information content (AvgIpc) is 2.67. The van der Waals surface area contributed by atoms with E-state index in [1.54, 1.807) is 12.1 Å². The van der Waals surface area contributed by atoms with E-state index < -0.39 is 4.92 Å². The number of methoxy groups -OCH3 is 1. The Morgan fingerprint density at radius 3 is 2.46 bits per heavy atom. The van der Waals surface area contributed by atoms with Crippen molar-refractivity contribution in [2.24, 2.45) is 0 Å². The number of thioether (sulfide) groups is 1. The lowest BCUT2D eigenvalue weighted by Gasteiger charge is -2.10. The highest BCUT2D eigenvalue weighted by Crippen LogP contribution is 2.28. The van der Waals surface area contributed by atoms with Crippen molar-refractivity contribution >= 4 is 23.4 Å². The molecule has 7 nitrogen and oxygen atoms in total. The molecule has 0 fully saturated rings. The molecular weight excluding hydrogens is 380 g/mol. The van der Waals surface area contributed by atoms with Crippen LogP contribution in [-0.2, 0) is 17.1 Å². The first-order valence-corrected chi connectivity index (χ1v) is 9.96. The maximum atomic E-state index is 12.0. The number of ether oxygens (including phenoxy) is 2. The van der Waals surface area contributed by atoms with E-state index in [0.29, 0.717) is 12.3 Å². The third-order valence-corrected chi connectivity index (χ3v) is 4.73. The number of rotatable bonds is 10. The average molecular weight is 404 g/mol. The van der Waals surface area contributed by atoms with Crippen LogP contribution in [0.25, 0.3) is 0 Å². The highest BCUT2D eigenvalue weighted by atomic mass is 32.2. The largest absolute Gasteiger partial charge is 0.491 e. The smallest absolute Gasteiger partial charge is 0.311 e. The van der Waals surface area contributed by atoms with Crippen LogP contribution < -0.4 is 14.8 Å². The zero-order valence-corrected chi connectivity index (χ0v) is 17.0. The summed E-state index contributed by atoms with van der Waals surface area (Å²) >= 11 is 1.40. The summed E-state index contributed by atoms with van der Waals surface area (Å²) in [7, 11) is 1.39. The van der Waals surface area contributed by atoms with E-state index in [1.807, 2.05) is 38.1 Å². The minimum atomic E-state index is -0.475. The van der Waals surface area contributed by atoms with Gasteiger partial charge in [-0.1, -0.05) is 18.2 Å². The lowest BCUT2D eigenvalue weighted by Crippen LogP contribution is -2.24. The van der Waals surface area contributed by atoms with Crippen LogP contribution in [0.15, 0.2) is 42.5 Å². The first-order chi connectivity index (χ1) is 13.4. The SMILES string of the molecule is COc1ccc(CSCC(=O)NCc2ccc(OC(C)C)cc2)cc1[N+](=O)[O-]. The fourth-order valence-corrected chi connectivity index (χ4v) is 3.24. The normalized spacial score (nSPS) is 10.6. The molecule has 2 aromatic carbocycles. The highest BCUT2D eigenvalue weighted by molar-refractivity contribution is 7.99. The van der Waals surface area contributed by atoms with Crippen molar-refractivity contribution in [1.29, 1.82) is 0 Å². The van der Waals surface area contributed by atoms with Gasteiger partial charge >= 0.3 is 5.69 Å². The van der Waals surface area contributed by atoms with Gasteiger partial charge < -0.3 is 14.8 Å². The maximum Gasteiger partial charge on any atom is 0.311 e. The zero-order chi connectivity index (χ0) is 20.5. The summed E-state index contributed by atoms with van der Waals surface area (Å²) in [6.45, 7) is 4.38. The minimum absolute atomic E-state index is 0.0741. The van der Waals surface area contributed by atoms with E-state index in [4.69, 9.17) is 9.47 Å². The van der Waals surface area contributed by atoms with Gasteiger partial charge in [-0.3, -0.25) is 14.9 Å². The molecule has 1 N–H and O–H groups in total. The van der Waals surface area contributed by atoms with Crippen molar-refractivity contribution in [1.82, 2.24) is 5.32 Å². The van der Waals surface area contributed by atoms with Crippen molar-refractivity contribution in [2.45, 2.75) is 32.2 Å². The molecule has 0 aromatic heterocycles. The van der Waals surface area contributed by atoms with Crippen LogP contribution in [-0.4, -0.2) is 29.8 Å². The van der Waals surface area contributed by atoms with E-state index in [-0.39, 0.29) is 29.2 Å². The number of nitro groups is 1. The van der Waals surface area contributed by atoms with E-state index in [9.17, 15) is 14.9 Å². The van der Waals surface area contributed by atoms with Gasteiger partial charge in [0.25, 0.3) is 0 Å². The molecule has 150 valence electrons. The van der Waals surface area contributed by atoms with Crippen LogP contribution in [0.4, 0.5) is 5.69 Å². The van der Waals surface area contributed by atoms with E-state index in [2.05, 4.69) is 5.32 Å². The van der Waals surface area contributed by atoms with Gasteiger partial charge in [0.05, 0.1) is 23.9 Å². The Morgan fingerprint density at radius 2 is 1.86 bits per heavy atom. The van der Waals surface area contributed by atoms with Gasteiger partial charge in [0, 0.05) is 18.4 Å². The Bertz CT molecular complexity index is 809. The number of benzene rings is 2. The molecule has 28 heavy (non-hydrogen) atoms. The van der Waals surface area contributed by atoms with Gasteiger partial charge in [0.1, 0.15) is 5.75 Å². The number of amides is 1. The second kappa shape index (κ2) is 10.6. The summed E-state index contributed by atoms with van der Waals surface area (Å²) in [4.78, 5) is 22.6. The van der Waals surface area contributed by atoms with E-state index in [1.165, 1.54) is 24.9 Å². The molecule has 0 bridgehead atoms. The first kappa shape index (κ1) is 21.6. The number of carbonyl (C=O) groups is 1. The quantitative estimate of drug-likeness (QED) is 0.476. The van der Waals surface area contributed by atoms with E-state index in [0.717, 1.165) is 16.9 Å². The molecule has 0 spiro atoms. The van der Waals surface area contributed by atoms with Crippen LogP contribution in [0.1, 0.15) is 25.0 Å². The molecule has 0 radical (unpaired) electrons. The molecule has 0 heterocycles. The molecule has 0 saturated heterocycles. The third kappa shape index (κ3) is 6.77. The summed E-state index contributed by atoms with van der Waals surface area (Å²) in [6, 6.07) is 12.4. The Kier molecular flexibility index (Phi) is 8.13. The molecule has 8 heteroatoms. The van der Waals surface area contributed by atoms with Gasteiger partial charge in [0.2, 0.25) is 5.91 Å². The van der Waals surface area contributed by atoms with Crippen LogP contribution in [0, 0.1) is 10.1 Å². The van der Waals surface area contributed by atoms with Crippen molar-refractivity contribution in [3.05, 3.63) is 63.7 Å². The maximum absolute atomic E-state index is 12.0. The Morgan fingerprint density at radius 1 is 1.18 bits per heavy atom. The second-order valence-corrected chi connectivity index (χ2v) is 7.33. The third-order valence-electron chi connectivity index (χ3n) is 3.73. The molecular formula is C20H24N2O5S. The van der Waals surface area contributed by atoms with Crippen LogP contribution in [0.5, 0.6) is 11.5 Å². The Hall–Kier alpha value is -2.74.